The molecule has 0 aliphatic heterocycles. The lowest BCUT2D eigenvalue weighted by Crippen LogP contribution is -2.37. The van der Waals surface area contributed by atoms with E-state index in [4.69, 9.17) is 11.6 Å². The SMILES string of the molecule is CCCCCCCCCCCCCCCCNS(=O)(=O)c1ccc(Cl)c(NC(=O)C(=Nc2ccc(N(CC)CCNS(C)(=O)=O)cc2C)C(=O)C(C)(C)C)c1. The van der Waals surface area contributed by atoms with Crippen LogP contribution in [0.1, 0.15) is 130 Å². The van der Waals surface area contributed by atoms with E-state index in [0.29, 0.717) is 30.9 Å². The van der Waals surface area contributed by atoms with E-state index in [2.05, 4.69) is 26.7 Å². The topological polar surface area (TPSA) is 154 Å². The fourth-order valence-corrected chi connectivity index (χ4v) is 7.76. The van der Waals surface area contributed by atoms with Crippen molar-refractivity contribution in [2.75, 3.05) is 42.7 Å². The molecule has 0 bridgehead atoms. The van der Waals surface area contributed by atoms with Gasteiger partial charge in [0, 0.05) is 37.3 Å². The zero-order valence-corrected chi connectivity index (χ0v) is 36.6. The lowest BCUT2D eigenvalue weighted by Gasteiger charge is -2.24. The second kappa shape index (κ2) is 24.0. The van der Waals surface area contributed by atoms with E-state index in [1.807, 2.05) is 17.9 Å². The number of nitrogens with zero attached hydrogens (tertiary/aromatic N) is 2. The standard InChI is InChI=1S/C41H66ClN5O6S2/c1-8-10-11-12-13-14-15-16-17-18-19-20-21-22-27-44-55(52,53)34-24-25-35(42)37(31-34)46-40(49)38(39(48)41(4,5)6)45-36-26-23-33(30-32(36)3)47(9-2)29-28-43-54(7,50)51/h23-26,30-31,43-44H,8-22,27-29H2,1-7H3,(H,46,49). The summed E-state index contributed by atoms with van der Waals surface area (Å²) in [6.07, 6.45) is 18.1. The first kappa shape index (κ1) is 48.3. The lowest BCUT2D eigenvalue weighted by atomic mass is 9.87. The number of carbonyl (C=O) groups is 2. The summed E-state index contributed by atoms with van der Waals surface area (Å²) in [7, 11) is -7.21. The first-order valence-corrected chi connectivity index (χ1v) is 23.7. The number of aryl methyl sites for hydroxylation is 1. The number of hydrogen-bond donors (Lipinski definition) is 3. The molecule has 0 saturated heterocycles. The Morgan fingerprint density at radius 3 is 1.84 bits per heavy atom. The van der Waals surface area contributed by atoms with Crippen LogP contribution in [-0.4, -0.2) is 66.7 Å². The summed E-state index contributed by atoms with van der Waals surface area (Å²) in [4.78, 5) is 33.7. The number of nitrogens with one attached hydrogen (secondary N) is 3. The number of halogens is 1. The molecule has 0 saturated carbocycles. The van der Waals surface area contributed by atoms with Crippen LogP contribution in [0.3, 0.4) is 0 Å². The molecule has 55 heavy (non-hydrogen) atoms. The number of amides is 1. The Balaban J connectivity index is 2.04. The van der Waals surface area contributed by atoms with Gasteiger partial charge in [-0.15, -0.1) is 0 Å². The van der Waals surface area contributed by atoms with Crippen molar-refractivity contribution in [2.45, 2.75) is 136 Å². The third-order valence-electron chi connectivity index (χ3n) is 9.34. The zero-order valence-electron chi connectivity index (χ0n) is 34.2. The van der Waals surface area contributed by atoms with Crippen LogP contribution in [-0.2, 0) is 29.6 Å². The Labute approximate surface area is 337 Å². The number of hydrogen-bond acceptors (Lipinski definition) is 8. The van der Waals surface area contributed by atoms with Gasteiger partial charge in [0.05, 0.1) is 27.5 Å². The van der Waals surface area contributed by atoms with Gasteiger partial charge < -0.3 is 10.2 Å². The van der Waals surface area contributed by atoms with Crippen LogP contribution in [0, 0.1) is 12.3 Å². The molecule has 2 aromatic rings. The predicted octanol–water partition coefficient (Wildman–Crippen LogP) is 9.11. The Morgan fingerprint density at radius 1 is 0.764 bits per heavy atom. The molecule has 2 rings (SSSR count). The summed E-state index contributed by atoms with van der Waals surface area (Å²) in [5.41, 5.74) is 0.635. The summed E-state index contributed by atoms with van der Waals surface area (Å²) in [5, 5.41) is 2.74. The van der Waals surface area contributed by atoms with E-state index in [1.165, 1.54) is 82.4 Å². The third-order valence-corrected chi connectivity index (χ3v) is 11.9. The van der Waals surface area contributed by atoms with Gasteiger partial charge in [-0.1, -0.05) is 123 Å². The van der Waals surface area contributed by atoms with Crippen LogP contribution in [0.2, 0.25) is 5.02 Å². The minimum atomic E-state index is -3.89. The van der Waals surface area contributed by atoms with E-state index in [1.54, 1.807) is 39.8 Å². The molecule has 0 fully saturated rings. The molecule has 2 aromatic carbocycles. The van der Waals surface area contributed by atoms with Crippen LogP contribution in [0.15, 0.2) is 46.3 Å². The molecule has 0 heterocycles. The molecule has 0 unspecified atom stereocenters. The van der Waals surface area contributed by atoms with Gasteiger partial charge in [-0.25, -0.2) is 31.3 Å². The highest BCUT2D eigenvalue weighted by molar-refractivity contribution is 7.89. The molecule has 0 aliphatic rings. The van der Waals surface area contributed by atoms with E-state index < -0.39 is 37.2 Å². The van der Waals surface area contributed by atoms with Crippen LogP contribution >= 0.6 is 11.6 Å². The molecule has 3 N–H and O–H groups in total. The van der Waals surface area contributed by atoms with Crippen molar-refractivity contribution in [1.82, 2.24) is 9.44 Å². The van der Waals surface area contributed by atoms with Gasteiger partial charge in [-0.05, 0) is 62.2 Å². The van der Waals surface area contributed by atoms with Crippen molar-refractivity contribution in [1.29, 1.82) is 0 Å². The molecule has 14 heteroatoms. The molecular formula is C41H66ClN5O6S2. The van der Waals surface area contributed by atoms with Crippen LogP contribution in [0.25, 0.3) is 0 Å². The molecule has 0 aromatic heterocycles. The van der Waals surface area contributed by atoms with Crippen molar-refractivity contribution in [3.8, 4) is 0 Å². The predicted molar refractivity (Wildman–Crippen MR) is 229 cm³/mol. The van der Waals surface area contributed by atoms with Gasteiger partial charge in [0.25, 0.3) is 5.91 Å². The monoisotopic (exact) mass is 823 g/mol. The number of Topliss-reactive ketones (excluding diaryl/α,β-unsaturated/α-hetero) is 1. The third kappa shape index (κ3) is 18.3. The van der Waals surface area contributed by atoms with E-state index in [0.717, 1.165) is 37.6 Å². The molecule has 11 nitrogen and oxygen atoms in total. The van der Waals surface area contributed by atoms with Crippen molar-refractivity contribution in [2.24, 2.45) is 10.4 Å². The average molecular weight is 825 g/mol. The second-order valence-corrected chi connectivity index (χ2v) is 19.4. The molecule has 0 atom stereocenters. The first-order valence-electron chi connectivity index (χ1n) is 19.9. The molecule has 1 amide bonds. The Bertz CT molecular complexity index is 1780. The number of likely N-dealkylation sites (N-methyl/N-ethyl adjacent to an activating group) is 1. The summed E-state index contributed by atoms with van der Waals surface area (Å²) in [6.45, 7) is 12.6. The minimum absolute atomic E-state index is 0.0359. The summed E-state index contributed by atoms with van der Waals surface area (Å²) < 4.78 is 54.5. The minimum Gasteiger partial charge on any atom is -0.370 e. The highest BCUT2D eigenvalue weighted by Crippen LogP contribution is 2.29. The zero-order chi connectivity index (χ0) is 41.1. The highest BCUT2D eigenvalue weighted by atomic mass is 35.5. The van der Waals surface area contributed by atoms with Crippen molar-refractivity contribution < 1.29 is 26.4 Å². The lowest BCUT2D eigenvalue weighted by molar-refractivity contribution is -0.121. The molecule has 0 radical (unpaired) electrons. The summed E-state index contributed by atoms with van der Waals surface area (Å²) >= 11 is 6.42. The van der Waals surface area contributed by atoms with E-state index in [-0.39, 0.29) is 27.9 Å². The maximum atomic E-state index is 13.7. The number of unbranched alkanes of at least 4 members (excludes halogenated alkanes) is 13. The maximum absolute atomic E-state index is 13.7. The Kier molecular flexibility index (Phi) is 21.1. The number of benzene rings is 2. The van der Waals surface area contributed by atoms with Crippen molar-refractivity contribution >= 4 is 66.1 Å². The quantitative estimate of drug-likeness (QED) is 0.0461. The van der Waals surface area contributed by atoms with Crippen LogP contribution < -0.4 is 19.7 Å². The molecule has 310 valence electrons. The van der Waals surface area contributed by atoms with Gasteiger partial charge in [-0.2, -0.15) is 0 Å². The number of aliphatic imine (C=N–C) groups is 1. The average Bonchev–Trinajstić information content (AvgIpc) is 3.11. The first-order chi connectivity index (χ1) is 25.9. The molecule has 0 aliphatic carbocycles. The van der Waals surface area contributed by atoms with Crippen LogP contribution in [0.4, 0.5) is 17.1 Å². The van der Waals surface area contributed by atoms with Crippen molar-refractivity contribution in [3.63, 3.8) is 0 Å². The normalized spacial score (nSPS) is 12.5. The second-order valence-electron chi connectivity index (χ2n) is 15.3. The fraction of sp³-hybridized carbons (Fsp3) is 0.634. The molecular weight excluding hydrogens is 758 g/mol. The Morgan fingerprint density at radius 2 is 1.33 bits per heavy atom. The largest absolute Gasteiger partial charge is 0.370 e. The summed E-state index contributed by atoms with van der Waals surface area (Å²) in [5.74, 6) is -1.33. The smallest absolute Gasteiger partial charge is 0.278 e. The van der Waals surface area contributed by atoms with Crippen molar-refractivity contribution in [3.05, 3.63) is 47.0 Å². The summed E-state index contributed by atoms with van der Waals surface area (Å²) in [6, 6.07) is 9.41. The van der Waals surface area contributed by atoms with Crippen LogP contribution in [0.5, 0.6) is 0 Å². The van der Waals surface area contributed by atoms with Gasteiger partial charge in [-0.3, -0.25) is 9.59 Å². The highest BCUT2D eigenvalue weighted by Gasteiger charge is 2.32. The van der Waals surface area contributed by atoms with Gasteiger partial charge in [0.2, 0.25) is 20.0 Å². The van der Waals surface area contributed by atoms with Gasteiger partial charge >= 0.3 is 0 Å². The van der Waals surface area contributed by atoms with E-state index >= 15 is 0 Å². The maximum Gasteiger partial charge on any atom is 0.278 e. The molecule has 0 spiro atoms. The number of anilines is 2. The van der Waals surface area contributed by atoms with Gasteiger partial charge in [0.1, 0.15) is 0 Å². The number of ketones is 1. The Hall–Kier alpha value is -2.84. The number of carbonyl (C=O) groups excluding carboxylic acids is 2. The van der Waals surface area contributed by atoms with E-state index in [9.17, 15) is 26.4 Å². The fourth-order valence-electron chi connectivity index (χ4n) is 6.04. The number of rotatable bonds is 27. The van der Waals surface area contributed by atoms with Gasteiger partial charge in [0.15, 0.2) is 11.5 Å². The number of sulfonamides is 2.